The van der Waals surface area contributed by atoms with Gasteiger partial charge in [0.2, 0.25) is 34.8 Å². The zero-order valence-corrected chi connectivity index (χ0v) is 14.7. The summed E-state index contributed by atoms with van der Waals surface area (Å²) in [6.07, 6.45) is 0.521. The van der Waals surface area contributed by atoms with Crippen molar-refractivity contribution in [2.75, 3.05) is 0 Å². The number of rotatable bonds is 5. The van der Waals surface area contributed by atoms with E-state index in [1.54, 1.807) is 6.92 Å². The van der Waals surface area contributed by atoms with Gasteiger partial charge in [-0.2, -0.15) is 8.78 Å². The first kappa shape index (κ1) is 20.3. The monoisotopic (exact) mass is 413 g/mol. The van der Waals surface area contributed by atoms with Gasteiger partial charge in [0.05, 0.1) is 5.56 Å². The Hall–Kier alpha value is -3.43. The SMILES string of the molecule is CCCn1c(C(=O)Oc2c(F)c(F)c(F)c(F)c2F)cc2cc(C(=O)O)ccc21. The van der Waals surface area contributed by atoms with Crippen LogP contribution in [0.5, 0.6) is 5.75 Å². The summed E-state index contributed by atoms with van der Waals surface area (Å²) in [5, 5.41) is 9.40. The molecule has 29 heavy (non-hydrogen) atoms. The van der Waals surface area contributed by atoms with Crippen molar-refractivity contribution in [1.82, 2.24) is 4.57 Å². The number of hydrogen-bond donors (Lipinski definition) is 1. The molecule has 0 atom stereocenters. The molecule has 0 fully saturated rings. The average Bonchev–Trinajstić information content (AvgIpc) is 3.06. The Morgan fingerprint density at radius 2 is 1.55 bits per heavy atom. The highest BCUT2D eigenvalue weighted by Gasteiger charge is 2.30. The normalized spacial score (nSPS) is 11.1. The van der Waals surface area contributed by atoms with Crippen molar-refractivity contribution in [1.29, 1.82) is 0 Å². The molecular weight excluding hydrogens is 401 g/mol. The molecule has 5 nitrogen and oxygen atoms in total. The number of hydrogen-bond acceptors (Lipinski definition) is 3. The molecule has 0 amide bonds. The minimum Gasteiger partial charge on any atom is -0.478 e. The number of aromatic nitrogens is 1. The quantitative estimate of drug-likeness (QED) is 0.217. The highest BCUT2D eigenvalue weighted by atomic mass is 19.2. The second kappa shape index (κ2) is 7.53. The zero-order chi connectivity index (χ0) is 21.5. The molecule has 10 heteroatoms. The van der Waals surface area contributed by atoms with E-state index in [4.69, 9.17) is 5.11 Å². The van der Waals surface area contributed by atoms with E-state index in [0.29, 0.717) is 17.3 Å². The number of fused-ring (bicyclic) bond motifs is 1. The van der Waals surface area contributed by atoms with E-state index in [1.165, 1.54) is 28.8 Å². The van der Waals surface area contributed by atoms with Gasteiger partial charge in [-0.15, -0.1) is 0 Å². The van der Waals surface area contributed by atoms with Gasteiger partial charge < -0.3 is 14.4 Å². The highest BCUT2D eigenvalue weighted by Crippen LogP contribution is 2.30. The van der Waals surface area contributed by atoms with E-state index in [1.807, 2.05) is 0 Å². The van der Waals surface area contributed by atoms with Gasteiger partial charge in [-0.3, -0.25) is 0 Å². The smallest absolute Gasteiger partial charge is 0.360 e. The molecular formula is C19H12F5NO4. The van der Waals surface area contributed by atoms with Crippen LogP contribution in [0.25, 0.3) is 10.9 Å². The average molecular weight is 413 g/mol. The molecule has 0 spiro atoms. The Balaban J connectivity index is 2.10. The fourth-order valence-corrected chi connectivity index (χ4v) is 2.86. The first-order valence-electron chi connectivity index (χ1n) is 8.27. The maximum atomic E-state index is 13.8. The van der Waals surface area contributed by atoms with E-state index in [2.05, 4.69) is 4.74 Å². The van der Waals surface area contributed by atoms with Crippen molar-refractivity contribution in [2.45, 2.75) is 19.9 Å². The minimum atomic E-state index is -2.37. The number of nitrogens with zero attached hydrogens (tertiary/aromatic N) is 1. The maximum absolute atomic E-state index is 13.8. The summed E-state index contributed by atoms with van der Waals surface area (Å²) in [6, 6.07) is 5.23. The molecule has 0 radical (unpaired) electrons. The number of halogens is 5. The first-order chi connectivity index (χ1) is 13.7. The lowest BCUT2D eigenvalue weighted by molar-refractivity contribution is 0.0690. The van der Waals surface area contributed by atoms with Crippen molar-refractivity contribution >= 4 is 22.8 Å². The summed E-state index contributed by atoms with van der Waals surface area (Å²) in [4.78, 5) is 23.6. The third kappa shape index (κ3) is 3.41. The molecule has 2 aromatic carbocycles. The number of carbonyl (C=O) groups excluding carboxylic acids is 1. The molecule has 1 heterocycles. The molecule has 3 aromatic rings. The van der Waals surface area contributed by atoms with Crippen LogP contribution in [0.4, 0.5) is 22.0 Å². The highest BCUT2D eigenvalue weighted by molar-refractivity contribution is 5.99. The Morgan fingerprint density at radius 3 is 2.10 bits per heavy atom. The van der Waals surface area contributed by atoms with Crippen molar-refractivity contribution < 1.29 is 41.4 Å². The number of carboxylic acids is 1. The van der Waals surface area contributed by atoms with Gasteiger partial charge in [-0.25, -0.2) is 22.8 Å². The summed E-state index contributed by atoms with van der Waals surface area (Å²) >= 11 is 0. The molecule has 3 rings (SSSR count). The predicted molar refractivity (Wildman–Crippen MR) is 90.4 cm³/mol. The van der Waals surface area contributed by atoms with Crippen LogP contribution in [0.3, 0.4) is 0 Å². The fourth-order valence-electron chi connectivity index (χ4n) is 2.86. The standard InChI is InChI=1S/C19H12F5NO4/c1-2-5-25-10-4-3-8(18(26)27)6-9(10)7-11(25)19(28)29-17-15(23)13(21)12(20)14(22)16(17)24/h3-4,6-7H,2,5H2,1H3,(H,26,27). The Morgan fingerprint density at radius 1 is 0.966 bits per heavy atom. The van der Waals surface area contributed by atoms with Gasteiger partial charge in [0.15, 0.2) is 0 Å². The molecule has 0 unspecified atom stereocenters. The lowest BCUT2D eigenvalue weighted by Gasteiger charge is -2.11. The molecule has 152 valence electrons. The van der Waals surface area contributed by atoms with Crippen LogP contribution in [0.1, 0.15) is 34.2 Å². The van der Waals surface area contributed by atoms with Gasteiger partial charge in [0, 0.05) is 17.4 Å². The number of esters is 1. The van der Waals surface area contributed by atoms with Gasteiger partial charge >= 0.3 is 11.9 Å². The third-order valence-electron chi connectivity index (χ3n) is 4.17. The number of aromatic carboxylic acids is 1. The van der Waals surface area contributed by atoms with Crippen LogP contribution in [-0.2, 0) is 6.54 Å². The maximum Gasteiger partial charge on any atom is 0.360 e. The van der Waals surface area contributed by atoms with Crippen LogP contribution >= 0.6 is 0 Å². The van der Waals surface area contributed by atoms with E-state index >= 15 is 0 Å². The number of carboxylic acid groups (broad SMARTS) is 1. The summed E-state index contributed by atoms with van der Waals surface area (Å²) < 4.78 is 73.3. The lowest BCUT2D eigenvalue weighted by atomic mass is 10.1. The number of carbonyl (C=O) groups is 2. The van der Waals surface area contributed by atoms with Crippen LogP contribution in [-0.4, -0.2) is 21.6 Å². The molecule has 1 aromatic heterocycles. The largest absolute Gasteiger partial charge is 0.478 e. The van der Waals surface area contributed by atoms with Crippen molar-refractivity contribution in [3.8, 4) is 5.75 Å². The fraction of sp³-hybridized carbons (Fsp3) is 0.158. The van der Waals surface area contributed by atoms with E-state index < -0.39 is 46.8 Å². The Kier molecular flexibility index (Phi) is 5.27. The Labute approximate surface area is 159 Å². The van der Waals surface area contributed by atoms with Gasteiger partial charge in [-0.1, -0.05) is 6.92 Å². The van der Waals surface area contributed by atoms with Crippen LogP contribution in [0, 0.1) is 29.1 Å². The molecule has 0 aliphatic rings. The molecule has 0 aliphatic heterocycles. The van der Waals surface area contributed by atoms with E-state index in [-0.39, 0.29) is 17.8 Å². The number of ether oxygens (including phenoxy) is 1. The molecule has 0 saturated heterocycles. The zero-order valence-electron chi connectivity index (χ0n) is 14.7. The summed E-state index contributed by atoms with van der Waals surface area (Å²) in [5.74, 6) is -15.7. The second-order valence-corrected chi connectivity index (χ2v) is 6.05. The van der Waals surface area contributed by atoms with Crippen molar-refractivity contribution in [3.05, 3.63) is 64.6 Å². The number of benzene rings is 2. The second-order valence-electron chi connectivity index (χ2n) is 6.05. The minimum absolute atomic E-state index is 0.0640. The van der Waals surface area contributed by atoms with E-state index in [9.17, 15) is 31.5 Å². The molecule has 0 bridgehead atoms. The van der Waals surface area contributed by atoms with Gasteiger partial charge in [0.25, 0.3) is 0 Å². The van der Waals surface area contributed by atoms with E-state index in [0.717, 1.165) is 0 Å². The van der Waals surface area contributed by atoms with Crippen molar-refractivity contribution in [3.63, 3.8) is 0 Å². The van der Waals surface area contributed by atoms with Gasteiger partial charge in [0.1, 0.15) is 5.69 Å². The summed E-state index contributed by atoms with van der Waals surface area (Å²) in [7, 11) is 0. The summed E-state index contributed by atoms with van der Waals surface area (Å²) in [6.45, 7) is 2.02. The number of aryl methyl sites for hydroxylation is 1. The van der Waals surface area contributed by atoms with Crippen LogP contribution in [0.15, 0.2) is 24.3 Å². The molecule has 0 aliphatic carbocycles. The third-order valence-corrected chi connectivity index (χ3v) is 4.17. The Bertz CT molecular complexity index is 1130. The van der Waals surface area contributed by atoms with Crippen LogP contribution in [0.2, 0.25) is 0 Å². The predicted octanol–water partition coefficient (Wildman–Crippen LogP) is 4.66. The van der Waals surface area contributed by atoms with Crippen molar-refractivity contribution in [2.24, 2.45) is 0 Å². The molecule has 0 saturated carbocycles. The summed E-state index contributed by atoms with van der Waals surface area (Å²) in [5.41, 5.74) is 0.125. The lowest BCUT2D eigenvalue weighted by Crippen LogP contribution is -2.17. The van der Waals surface area contributed by atoms with Crippen LogP contribution < -0.4 is 4.74 Å². The molecule has 1 N–H and O–H groups in total. The topological polar surface area (TPSA) is 68.5 Å². The first-order valence-corrected chi connectivity index (χ1v) is 8.27. The van der Waals surface area contributed by atoms with Gasteiger partial charge in [-0.05, 0) is 30.7 Å².